The molecule has 0 bridgehead atoms. The summed E-state index contributed by atoms with van der Waals surface area (Å²) in [6.45, 7) is 3.58. The third-order valence-corrected chi connectivity index (χ3v) is 7.95. The third kappa shape index (κ3) is 5.77. The Kier molecular flexibility index (Phi) is 7.08. The highest BCUT2D eigenvalue weighted by atomic mass is 32.2. The Morgan fingerprint density at radius 2 is 1.82 bits per heavy atom. The van der Waals surface area contributed by atoms with Gasteiger partial charge < -0.3 is 10.2 Å². The van der Waals surface area contributed by atoms with E-state index >= 15 is 0 Å². The van der Waals surface area contributed by atoms with Gasteiger partial charge in [-0.3, -0.25) is 10.1 Å². The van der Waals surface area contributed by atoms with E-state index in [1.54, 1.807) is 18.5 Å². The normalized spacial score (nSPS) is 23.8. The van der Waals surface area contributed by atoms with E-state index in [2.05, 4.69) is 26.9 Å². The number of nitrogens with one attached hydrogen (secondary N) is 2. The number of hydrogen-bond donors (Lipinski definition) is 2. The van der Waals surface area contributed by atoms with E-state index < -0.39 is 14.9 Å². The molecule has 2 fully saturated rings. The molecule has 2 N–H and O–H groups in total. The second-order valence-corrected chi connectivity index (χ2v) is 10.7. The van der Waals surface area contributed by atoms with E-state index in [4.69, 9.17) is 0 Å². The SMILES string of the molecule is CC1CCC(NS(=O)(=O)c2ccc(NC3CCCN(c4ncccn4)C3)c([N+](=O)[O-])c2)CC1. The highest BCUT2D eigenvalue weighted by molar-refractivity contribution is 7.89. The fourth-order valence-corrected chi connectivity index (χ4v) is 5.89. The molecule has 10 nitrogen and oxygen atoms in total. The first kappa shape index (κ1) is 23.4. The molecule has 33 heavy (non-hydrogen) atoms. The molecule has 1 saturated heterocycles. The molecule has 2 aliphatic rings. The van der Waals surface area contributed by atoms with Crippen LogP contribution in [0.15, 0.2) is 41.6 Å². The first-order valence-electron chi connectivity index (χ1n) is 11.4. The maximum atomic E-state index is 12.9. The van der Waals surface area contributed by atoms with Crippen LogP contribution in [-0.2, 0) is 10.0 Å². The van der Waals surface area contributed by atoms with Gasteiger partial charge in [0.1, 0.15) is 5.69 Å². The quantitative estimate of drug-likeness (QED) is 0.462. The largest absolute Gasteiger partial charge is 0.375 e. The fourth-order valence-electron chi connectivity index (χ4n) is 4.57. The van der Waals surface area contributed by atoms with Gasteiger partial charge in [0.2, 0.25) is 16.0 Å². The van der Waals surface area contributed by atoms with Crippen LogP contribution in [0.3, 0.4) is 0 Å². The minimum atomic E-state index is -3.84. The van der Waals surface area contributed by atoms with Crippen molar-refractivity contribution in [3.05, 3.63) is 46.8 Å². The zero-order valence-corrected chi connectivity index (χ0v) is 19.5. The highest BCUT2D eigenvalue weighted by Gasteiger charge is 2.28. The van der Waals surface area contributed by atoms with Crippen LogP contribution in [0.2, 0.25) is 0 Å². The predicted octanol–water partition coefficient (Wildman–Crippen LogP) is 3.32. The summed E-state index contributed by atoms with van der Waals surface area (Å²) in [5, 5.41) is 15.0. The van der Waals surface area contributed by atoms with Crippen LogP contribution in [-0.4, -0.2) is 48.5 Å². The van der Waals surface area contributed by atoms with Crippen molar-refractivity contribution in [2.45, 2.75) is 62.4 Å². The van der Waals surface area contributed by atoms with E-state index in [0.717, 1.165) is 51.1 Å². The number of sulfonamides is 1. The average molecular weight is 475 g/mol. The Labute approximate surface area is 194 Å². The van der Waals surface area contributed by atoms with E-state index in [0.29, 0.717) is 24.1 Å². The molecule has 4 rings (SSSR count). The van der Waals surface area contributed by atoms with Crippen molar-refractivity contribution in [3.8, 4) is 0 Å². The summed E-state index contributed by atoms with van der Waals surface area (Å²) in [4.78, 5) is 21.8. The van der Waals surface area contributed by atoms with Gasteiger partial charge in [-0.05, 0) is 62.6 Å². The first-order valence-corrected chi connectivity index (χ1v) is 12.9. The van der Waals surface area contributed by atoms with Crippen LogP contribution in [0.4, 0.5) is 17.3 Å². The van der Waals surface area contributed by atoms with Crippen molar-refractivity contribution >= 4 is 27.3 Å². The van der Waals surface area contributed by atoms with Crippen LogP contribution in [0.1, 0.15) is 45.4 Å². The Morgan fingerprint density at radius 1 is 1.09 bits per heavy atom. The van der Waals surface area contributed by atoms with Gasteiger partial charge in [-0.15, -0.1) is 0 Å². The first-order chi connectivity index (χ1) is 15.8. The molecule has 0 amide bonds. The molecule has 178 valence electrons. The monoisotopic (exact) mass is 474 g/mol. The molecule has 1 aliphatic heterocycles. The molecule has 2 heterocycles. The Hall–Kier alpha value is -2.79. The molecule has 0 spiro atoms. The standard InChI is InChI=1S/C22H30N6O4S/c1-16-5-7-17(8-6-16)26-33(31,32)19-9-10-20(21(14-19)28(29)30)25-18-4-2-13-27(15-18)22-23-11-3-12-24-22/h3,9-12,14,16-18,25-26H,2,4-8,13,15H2,1H3. The van der Waals surface area contributed by atoms with Gasteiger partial charge in [0.25, 0.3) is 5.69 Å². The summed E-state index contributed by atoms with van der Waals surface area (Å²) >= 11 is 0. The third-order valence-electron chi connectivity index (χ3n) is 6.43. The maximum absolute atomic E-state index is 12.9. The predicted molar refractivity (Wildman–Crippen MR) is 126 cm³/mol. The molecule has 2 aromatic rings. The van der Waals surface area contributed by atoms with E-state index in [1.807, 2.05) is 4.90 Å². The Morgan fingerprint density at radius 3 is 2.52 bits per heavy atom. The van der Waals surface area contributed by atoms with Gasteiger partial charge in [0.15, 0.2) is 0 Å². The van der Waals surface area contributed by atoms with E-state index in [1.165, 1.54) is 12.1 Å². The van der Waals surface area contributed by atoms with Crippen LogP contribution in [0.5, 0.6) is 0 Å². The van der Waals surface area contributed by atoms with Crippen LogP contribution < -0.4 is 14.9 Å². The smallest absolute Gasteiger partial charge is 0.293 e. The highest BCUT2D eigenvalue weighted by Crippen LogP contribution is 2.31. The number of piperidine rings is 1. The van der Waals surface area contributed by atoms with Gasteiger partial charge in [-0.2, -0.15) is 0 Å². The van der Waals surface area contributed by atoms with Crippen molar-refractivity contribution in [2.24, 2.45) is 5.92 Å². The van der Waals surface area contributed by atoms with Gasteiger partial charge >= 0.3 is 0 Å². The number of nitro groups is 1. The number of hydrogen-bond acceptors (Lipinski definition) is 8. The molecule has 1 saturated carbocycles. The number of nitrogens with zero attached hydrogens (tertiary/aromatic N) is 4. The van der Waals surface area contributed by atoms with Crippen LogP contribution in [0.25, 0.3) is 0 Å². The van der Waals surface area contributed by atoms with Gasteiger partial charge in [-0.25, -0.2) is 23.1 Å². The average Bonchev–Trinajstić information content (AvgIpc) is 2.81. The molecule has 0 radical (unpaired) electrons. The summed E-state index contributed by atoms with van der Waals surface area (Å²) in [5.41, 5.74) is 0.0643. The van der Waals surface area contributed by atoms with Crippen molar-refractivity contribution in [1.29, 1.82) is 0 Å². The Balaban J connectivity index is 1.48. The van der Waals surface area contributed by atoms with Crippen LogP contribution >= 0.6 is 0 Å². The summed E-state index contributed by atoms with van der Waals surface area (Å²) < 4.78 is 28.5. The van der Waals surface area contributed by atoms with Gasteiger partial charge in [-0.1, -0.05) is 6.92 Å². The number of rotatable bonds is 7. The second kappa shape index (κ2) is 10.0. The van der Waals surface area contributed by atoms with Crippen molar-refractivity contribution < 1.29 is 13.3 Å². The minimum absolute atomic E-state index is 0.0499. The zero-order valence-electron chi connectivity index (χ0n) is 18.7. The maximum Gasteiger partial charge on any atom is 0.293 e. The zero-order chi connectivity index (χ0) is 23.4. The second-order valence-electron chi connectivity index (χ2n) is 8.99. The lowest BCUT2D eigenvalue weighted by Gasteiger charge is -2.33. The number of anilines is 2. The number of aromatic nitrogens is 2. The summed E-state index contributed by atoms with van der Waals surface area (Å²) in [7, 11) is -3.84. The summed E-state index contributed by atoms with van der Waals surface area (Å²) in [6.07, 6.45) is 8.61. The number of benzene rings is 1. The molecule has 1 aromatic heterocycles. The molecule has 11 heteroatoms. The fraction of sp³-hybridized carbons (Fsp3) is 0.545. The Bertz CT molecular complexity index is 1070. The van der Waals surface area contributed by atoms with E-state index in [-0.39, 0.29) is 22.7 Å². The minimum Gasteiger partial charge on any atom is -0.375 e. The lowest BCUT2D eigenvalue weighted by Crippen LogP contribution is -2.43. The van der Waals surface area contributed by atoms with E-state index in [9.17, 15) is 18.5 Å². The van der Waals surface area contributed by atoms with Crippen molar-refractivity contribution in [2.75, 3.05) is 23.3 Å². The lowest BCUT2D eigenvalue weighted by molar-refractivity contribution is -0.384. The summed E-state index contributed by atoms with van der Waals surface area (Å²) in [6, 6.07) is 5.66. The molecular formula is C22H30N6O4S. The van der Waals surface area contributed by atoms with Crippen molar-refractivity contribution in [3.63, 3.8) is 0 Å². The van der Waals surface area contributed by atoms with Gasteiger partial charge in [0, 0.05) is 43.6 Å². The number of nitro benzene ring substituents is 1. The molecule has 1 atom stereocenters. The van der Waals surface area contributed by atoms with Crippen molar-refractivity contribution in [1.82, 2.24) is 14.7 Å². The molecule has 1 aliphatic carbocycles. The topological polar surface area (TPSA) is 130 Å². The van der Waals surface area contributed by atoms with Crippen LogP contribution in [0, 0.1) is 16.0 Å². The lowest BCUT2D eigenvalue weighted by atomic mass is 9.88. The van der Waals surface area contributed by atoms with Gasteiger partial charge in [0.05, 0.1) is 9.82 Å². The molecule has 1 unspecified atom stereocenters. The summed E-state index contributed by atoms with van der Waals surface area (Å²) in [5.74, 6) is 1.23. The molecular weight excluding hydrogens is 444 g/mol. The molecule has 1 aromatic carbocycles.